The first-order valence-electron chi connectivity index (χ1n) is 5.93. The van der Waals surface area contributed by atoms with Gasteiger partial charge in [-0.2, -0.15) is 5.10 Å². The average molecular weight is 207 g/mol. The molecule has 15 heavy (non-hydrogen) atoms. The lowest BCUT2D eigenvalue weighted by atomic mass is 10.00. The van der Waals surface area contributed by atoms with Crippen LogP contribution < -0.4 is 5.32 Å². The molecule has 3 nitrogen and oxygen atoms in total. The van der Waals surface area contributed by atoms with E-state index >= 15 is 0 Å². The van der Waals surface area contributed by atoms with E-state index in [1.807, 2.05) is 0 Å². The van der Waals surface area contributed by atoms with Gasteiger partial charge in [0.2, 0.25) is 0 Å². The quantitative estimate of drug-likeness (QED) is 0.808. The molecule has 1 unspecified atom stereocenters. The Morgan fingerprint density at radius 2 is 2.13 bits per heavy atom. The number of rotatable bonds is 2. The molecule has 84 valence electrons. The molecule has 1 aliphatic rings. The maximum atomic E-state index is 4.71. The van der Waals surface area contributed by atoms with E-state index in [9.17, 15) is 0 Å². The SMILES string of the molecule is CC(C)c1cc2n(n1)C(C(C)C)CCN2. The van der Waals surface area contributed by atoms with Crippen molar-refractivity contribution >= 4 is 5.82 Å². The zero-order chi connectivity index (χ0) is 11.0. The summed E-state index contributed by atoms with van der Waals surface area (Å²) in [5, 5.41) is 8.13. The highest BCUT2D eigenvalue weighted by Gasteiger charge is 2.24. The van der Waals surface area contributed by atoms with Crippen molar-refractivity contribution in [1.82, 2.24) is 9.78 Å². The van der Waals surface area contributed by atoms with E-state index in [0.717, 1.165) is 6.54 Å². The molecular weight excluding hydrogens is 186 g/mol. The normalized spacial score (nSPS) is 20.5. The van der Waals surface area contributed by atoms with E-state index in [-0.39, 0.29) is 0 Å². The molecule has 0 aliphatic carbocycles. The first-order chi connectivity index (χ1) is 7.09. The Hall–Kier alpha value is -0.990. The zero-order valence-electron chi connectivity index (χ0n) is 10.1. The summed E-state index contributed by atoms with van der Waals surface area (Å²) >= 11 is 0. The van der Waals surface area contributed by atoms with Gasteiger partial charge in [0.15, 0.2) is 0 Å². The van der Waals surface area contributed by atoms with Crippen molar-refractivity contribution in [3.63, 3.8) is 0 Å². The van der Waals surface area contributed by atoms with Crippen molar-refractivity contribution in [1.29, 1.82) is 0 Å². The molecule has 0 radical (unpaired) electrons. The minimum atomic E-state index is 0.512. The van der Waals surface area contributed by atoms with Gasteiger partial charge in [-0.05, 0) is 18.3 Å². The van der Waals surface area contributed by atoms with Gasteiger partial charge >= 0.3 is 0 Å². The van der Waals surface area contributed by atoms with Gasteiger partial charge in [0.05, 0.1) is 11.7 Å². The molecule has 2 rings (SSSR count). The molecule has 0 amide bonds. The second kappa shape index (κ2) is 3.87. The van der Waals surface area contributed by atoms with Crippen molar-refractivity contribution in [3.8, 4) is 0 Å². The largest absolute Gasteiger partial charge is 0.370 e. The van der Waals surface area contributed by atoms with E-state index in [2.05, 4.69) is 43.8 Å². The summed E-state index contributed by atoms with van der Waals surface area (Å²) < 4.78 is 2.18. The van der Waals surface area contributed by atoms with Gasteiger partial charge in [-0.3, -0.25) is 0 Å². The van der Waals surface area contributed by atoms with Crippen LogP contribution in [-0.2, 0) is 0 Å². The van der Waals surface area contributed by atoms with Crippen LogP contribution >= 0.6 is 0 Å². The van der Waals surface area contributed by atoms with Crippen molar-refractivity contribution < 1.29 is 0 Å². The summed E-state index contributed by atoms with van der Waals surface area (Å²) in [4.78, 5) is 0. The summed E-state index contributed by atoms with van der Waals surface area (Å²) in [6, 6.07) is 2.76. The molecule has 0 bridgehead atoms. The summed E-state index contributed by atoms with van der Waals surface area (Å²) in [6.07, 6.45) is 1.18. The predicted octanol–water partition coefficient (Wildman–Crippen LogP) is 3.02. The Morgan fingerprint density at radius 3 is 2.73 bits per heavy atom. The Morgan fingerprint density at radius 1 is 1.40 bits per heavy atom. The molecule has 2 heterocycles. The fourth-order valence-electron chi connectivity index (χ4n) is 2.17. The third-order valence-electron chi connectivity index (χ3n) is 3.18. The molecule has 0 saturated heterocycles. The third-order valence-corrected chi connectivity index (χ3v) is 3.18. The summed E-state index contributed by atoms with van der Waals surface area (Å²) in [5.74, 6) is 2.37. The van der Waals surface area contributed by atoms with Crippen molar-refractivity contribution in [2.75, 3.05) is 11.9 Å². The second-order valence-corrected chi connectivity index (χ2v) is 5.08. The first kappa shape index (κ1) is 10.5. The Kier molecular flexibility index (Phi) is 2.72. The molecule has 1 aromatic heterocycles. The number of nitrogens with zero attached hydrogens (tertiary/aromatic N) is 2. The molecule has 1 aliphatic heterocycles. The van der Waals surface area contributed by atoms with Crippen LogP contribution in [-0.4, -0.2) is 16.3 Å². The smallest absolute Gasteiger partial charge is 0.124 e. The summed E-state index contributed by atoms with van der Waals surface area (Å²) in [5.41, 5.74) is 1.20. The highest BCUT2D eigenvalue weighted by molar-refractivity contribution is 5.40. The second-order valence-electron chi connectivity index (χ2n) is 5.08. The topological polar surface area (TPSA) is 29.9 Å². The maximum Gasteiger partial charge on any atom is 0.124 e. The number of hydrogen-bond acceptors (Lipinski definition) is 2. The Balaban J connectivity index is 2.34. The minimum Gasteiger partial charge on any atom is -0.370 e. The number of nitrogens with one attached hydrogen (secondary N) is 1. The van der Waals surface area contributed by atoms with Gasteiger partial charge in [0, 0.05) is 12.6 Å². The molecule has 1 N–H and O–H groups in total. The van der Waals surface area contributed by atoms with E-state index in [1.54, 1.807) is 0 Å². The molecular formula is C12H21N3. The molecule has 3 heteroatoms. The van der Waals surface area contributed by atoms with E-state index in [0.29, 0.717) is 17.9 Å². The maximum absolute atomic E-state index is 4.71. The van der Waals surface area contributed by atoms with Gasteiger partial charge in [0.1, 0.15) is 5.82 Å². The van der Waals surface area contributed by atoms with Gasteiger partial charge in [-0.1, -0.05) is 27.7 Å². The van der Waals surface area contributed by atoms with Crippen molar-refractivity contribution in [2.45, 2.75) is 46.1 Å². The standard InChI is InChI=1S/C12H21N3/c1-8(2)10-7-12-13-6-5-11(9(3)4)15(12)14-10/h7-9,11,13H,5-6H2,1-4H3. The van der Waals surface area contributed by atoms with Crippen LogP contribution in [0.25, 0.3) is 0 Å². The highest BCUT2D eigenvalue weighted by Crippen LogP contribution is 2.31. The predicted molar refractivity (Wildman–Crippen MR) is 63.3 cm³/mol. The molecule has 1 atom stereocenters. The van der Waals surface area contributed by atoms with Crippen molar-refractivity contribution in [2.24, 2.45) is 5.92 Å². The van der Waals surface area contributed by atoms with Crippen LogP contribution in [0.15, 0.2) is 6.07 Å². The lowest BCUT2D eigenvalue weighted by molar-refractivity contribution is 0.321. The van der Waals surface area contributed by atoms with E-state index < -0.39 is 0 Å². The van der Waals surface area contributed by atoms with Crippen LogP contribution in [0.5, 0.6) is 0 Å². The lowest BCUT2D eigenvalue weighted by Crippen LogP contribution is -2.26. The molecule has 0 fully saturated rings. The lowest BCUT2D eigenvalue weighted by Gasteiger charge is -2.28. The molecule has 0 spiro atoms. The van der Waals surface area contributed by atoms with Crippen LogP contribution in [0.1, 0.15) is 51.8 Å². The van der Waals surface area contributed by atoms with Gasteiger partial charge < -0.3 is 5.32 Å². The number of aromatic nitrogens is 2. The summed E-state index contributed by atoms with van der Waals surface area (Å²) in [6.45, 7) is 10.0. The Labute approximate surface area is 91.9 Å². The van der Waals surface area contributed by atoms with Gasteiger partial charge in [0.25, 0.3) is 0 Å². The zero-order valence-corrected chi connectivity index (χ0v) is 10.1. The first-order valence-corrected chi connectivity index (χ1v) is 5.93. The number of hydrogen-bond donors (Lipinski definition) is 1. The fraction of sp³-hybridized carbons (Fsp3) is 0.750. The highest BCUT2D eigenvalue weighted by atomic mass is 15.4. The monoisotopic (exact) mass is 207 g/mol. The third kappa shape index (κ3) is 1.87. The van der Waals surface area contributed by atoms with Crippen LogP contribution in [0.3, 0.4) is 0 Å². The fourth-order valence-corrected chi connectivity index (χ4v) is 2.17. The van der Waals surface area contributed by atoms with Gasteiger partial charge in [-0.25, -0.2) is 4.68 Å². The average Bonchev–Trinajstić information content (AvgIpc) is 2.60. The molecule has 1 aromatic rings. The van der Waals surface area contributed by atoms with E-state index in [1.165, 1.54) is 17.9 Å². The summed E-state index contributed by atoms with van der Waals surface area (Å²) in [7, 11) is 0. The Bertz CT molecular complexity index is 339. The van der Waals surface area contributed by atoms with Gasteiger partial charge in [-0.15, -0.1) is 0 Å². The number of anilines is 1. The van der Waals surface area contributed by atoms with E-state index in [4.69, 9.17) is 5.10 Å². The number of fused-ring (bicyclic) bond motifs is 1. The van der Waals surface area contributed by atoms with Crippen LogP contribution in [0, 0.1) is 5.92 Å². The molecule has 0 aromatic carbocycles. The minimum absolute atomic E-state index is 0.512. The van der Waals surface area contributed by atoms with Crippen LogP contribution in [0.2, 0.25) is 0 Å². The van der Waals surface area contributed by atoms with Crippen LogP contribution in [0.4, 0.5) is 5.82 Å². The van der Waals surface area contributed by atoms with Crippen molar-refractivity contribution in [3.05, 3.63) is 11.8 Å². The molecule has 0 saturated carbocycles.